The summed E-state index contributed by atoms with van der Waals surface area (Å²) < 4.78 is 19.6. The van der Waals surface area contributed by atoms with Gasteiger partial charge in [-0.2, -0.15) is 0 Å². The number of nitrogens with zero attached hydrogens (tertiary/aromatic N) is 4. The van der Waals surface area contributed by atoms with E-state index in [-0.39, 0.29) is 11.7 Å². The van der Waals surface area contributed by atoms with E-state index in [4.69, 9.17) is 4.52 Å². The Morgan fingerprint density at radius 1 is 0.919 bits per heavy atom. The van der Waals surface area contributed by atoms with Gasteiger partial charge < -0.3 is 19.2 Å². The molecule has 6 nitrogen and oxygen atoms in total. The van der Waals surface area contributed by atoms with Gasteiger partial charge in [0.2, 0.25) is 5.88 Å². The Kier molecular flexibility index (Phi) is 7.32. The molecule has 1 aliphatic rings. The molecule has 0 bridgehead atoms. The van der Waals surface area contributed by atoms with Crippen LogP contribution in [0.3, 0.4) is 0 Å². The molecule has 1 amide bonds. The molecule has 0 atom stereocenters. The van der Waals surface area contributed by atoms with Gasteiger partial charge in [0.25, 0.3) is 5.91 Å². The van der Waals surface area contributed by atoms with E-state index in [9.17, 15) is 9.18 Å². The number of likely N-dealkylation sites (N-methyl/N-ethyl adjacent to an activating group) is 1. The van der Waals surface area contributed by atoms with E-state index in [1.54, 1.807) is 12.1 Å². The maximum atomic E-state index is 13.8. The van der Waals surface area contributed by atoms with Gasteiger partial charge in [0.05, 0.1) is 12.1 Å². The minimum Gasteiger partial charge on any atom is -0.338 e. The summed E-state index contributed by atoms with van der Waals surface area (Å²) in [5.41, 5.74) is 4.96. The van der Waals surface area contributed by atoms with Crippen LogP contribution in [0.2, 0.25) is 0 Å². The van der Waals surface area contributed by atoms with Crippen molar-refractivity contribution >= 4 is 11.8 Å². The Labute approximate surface area is 216 Å². The molecule has 190 valence electrons. The fourth-order valence-electron chi connectivity index (χ4n) is 4.61. The van der Waals surface area contributed by atoms with Gasteiger partial charge in [-0.1, -0.05) is 53.2 Å². The number of halogens is 1. The fourth-order valence-corrected chi connectivity index (χ4v) is 4.61. The third kappa shape index (κ3) is 5.73. The van der Waals surface area contributed by atoms with Gasteiger partial charge in [-0.15, -0.1) is 0 Å². The van der Waals surface area contributed by atoms with E-state index < -0.39 is 0 Å². The molecule has 1 aromatic heterocycles. The van der Waals surface area contributed by atoms with Crippen molar-refractivity contribution in [2.24, 2.45) is 0 Å². The molecule has 0 unspecified atom stereocenters. The zero-order valence-electron chi connectivity index (χ0n) is 21.2. The predicted molar refractivity (Wildman–Crippen MR) is 143 cm³/mol. The topological polar surface area (TPSA) is 52.8 Å². The van der Waals surface area contributed by atoms with Crippen LogP contribution in [-0.4, -0.2) is 54.1 Å². The van der Waals surface area contributed by atoms with Gasteiger partial charge in [-0.25, -0.2) is 4.39 Å². The van der Waals surface area contributed by atoms with Crippen LogP contribution in [0.4, 0.5) is 10.3 Å². The summed E-state index contributed by atoms with van der Waals surface area (Å²) in [5, 5.41) is 4.42. The molecule has 1 saturated heterocycles. The van der Waals surface area contributed by atoms with Gasteiger partial charge in [0, 0.05) is 43.9 Å². The predicted octanol–water partition coefficient (Wildman–Crippen LogP) is 5.38. The summed E-state index contributed by atoms with van der Waals surface area (Å²) in [6.07, 6.45) is 0. The summed E-state index contributed by atoms with van der Waals surface area (Å²) in [5.74, 6) is 0.287. The summed E-state index contributed by atoms with van der Waals surface area (Å²) in [6.45, 7) is 6.15. The number of carbonyl (C=O) groups is 1. The first-order valence-electron chi connectivity index (χ1n) is 12.6. The third-order valence-electron chi connectivity index (χ3n) is 6.83. The highest BCUT2D eigenvalue weighted by atomic mass is 19.1. The highest BCUT2D eigenvalue weighted by Crippen LogP contribution is 2.34. The highest BCUT2D eigenvalue weighted by Gasteiger charge is 2.28. The Bertz CT molecular complexity index is 1330. The molecular weight excluding hydrogens is 467 g/mol. The SMILES string of the molecule is Cc1ccc(C(=O)N(Cc2ccccc2)Cc2c(-c3ccc(F)cc3)noc2N2CCN(C)CC2)cc1. The van der Waals surface area contributed by atoms with Crippen LogP contribution in [0.25, 0.3) is 11.3 Å². The van der Waals surface area contributed by atoms with Crippen molar-refractivity contribution in [1.29, 1.82) is 0 Å². The third-order valence-corrected chi connectivity index (χ3v) is 6.83. The lowest BCUT2D eigenvalue weighted by molar-refractivity contribution is 0.0730. The molecule has 0 aliphatic carbocycles. The van der Waals surface area contributed by atoms with Crippen molar-refractivity contribution in [3.8, 4) is 11.3 Å². The molecule has 0 spiro atoms. The van der Waals surface area contributed by atoms with Gasteiger partial charge >= 0.3 is 0 Å². The Hall–Kier alpha value is -3.97. The number of carbonyl (C=O) groups excluding carboxylic acids is 1. The number of hydrogen-bond acceptors (Lipinski definition) is 5. The van der Waals surface area contributed by atoms with E-state index in [0.717, 1.165) is 48.4 Å². The van der Waals surface area contributed by atoms with E-state index in [2.05, 4.69) is 22.0 Å². The minimum absolute atomic E-state index is 0.0700. The minimum atomic E-state index is -0.312. The Morgan fingerprint density at radius 3 is 2.27 bits per heavy atom. The van der Waals surface area contributed by atoms with Crippen LogP contribution >= 0.6 is 0 Å². The molecule has 1 aliphatic heterocycles. The maximum absolute atomic E-state index is 13.8. The van der Waals surface area contributed by atoms with Gasteiger partial charge in [0.15, 0.2) is 0 Å². The average molecular weight is 499 g/mol. The van der Waals surface area contributed by atoms with Crippen molar-refractivity contribution in [2.45, 2.75) is 20.0 Å². The van der Waals surface area contributed by atoms with E-state index >= 15 is 0 Å². The fraction of sp³-hybridized carbons (Fsp3) is 0.267. The molecule has 3 aromatic carbocycles. The second-order valence-corrected chi connectivity index (χ2v) is 9.62. The Morgan fingerprint density at radius 2 is 1.59 bits per heavy atom. The number of aryl methyl sites for hydroxylation is 1. The monoisotopic (exact) mass is 498 g/mol. The van der Waals surface area contributed by atoms with Crippen molar-refractivity contribution in [2.75, 3.05) is 38.1 Å². The Balaban J connectivity index is 1.55. The van der Waals surface area contributed by atoms with E-state index in [1.165, 1.54) is 12.1 Å². The van der Waals surface area contributed by atoms with Gasteiger partial charge in [-0.05, 0) is 55.9 Å². The van der Waals surface area contributed by atoms with Gasteiger partial charge in [-0.3, -0.25) is 4.79 Å². The summed E-state index contributed by atoms with van der Waals surface area (Å²) in [4.78, 5) is 20.1. The van der Waals surface area contributed by atoms with Gasteiger partial charge in [0.1, 0.15) is 11.5 Å². The van der Waals surface area contributed by atoms with E-state index in [0.29, 0.717) is 30.2 Å². The van der Waals surface area contributed by atoms with Crippen LogP contribution < -0.4 is 4.90 Å². The lowest BCUT2D eigenvalue weighted by Crippen LogP contribution is -2.44. The van der Waals surface area contributed by atoms with Crippen LogP contribution in [-0.2, 0) is 13.1 Å². The second-order valence-electron chi connectivity index (χ2n) is 9.62. The van der Waals surface area contributed by atoms with Crippen LogP contribution in [0.15, 0.2) is 83.4 Å². The number of benzene rings is 3. The molecule has 1 fully saturated rings. The molecule has 7 heteroatoms. The van der Waals surface area contributed by atoms with Crippen LogP contribution in [0, 0.1) is 12.7 Å². The standard InChI is InChI=1S/C30H31FN4O2/c1-22-8-10-25(11-9-22)29(36)35(20-23-6-4-3-5-7-23)21-27-28(24-12-14-26(31)15-13-24)32-37-30(27)34-18-16-33(2)17-19-34/h3-15H,16-21H2,1-2H3. The zero-order chi connectivity index (χ0) is 25.8. The summed E-state index contributed by atoms with van der Waals surface area (Å²) in [7, 11) is 2.10. The highest BCUT2D eigenvalue weighted by molar-refractivity contribution is 5.94. The second kappa shape index (κ2) is 11.0. The number of rotatable bonds is 7. The molecule has 2 heterocycles. The maximum Gasteiger partial charge on any atom is 0.254 e. The first kappa shape index (κ1) is 24.7. The first-order chi connectivity index (χ1) is 18.0. The normalized spacial score (nSPS) is 14.1. The lowest BCUT2D eigenvalue weighted by atomic mass is 10.0. The zero-order valence-corrected chi connectivity index (χ0v) is 21.2. The van der Waals surface area contributed by atoms with Crippen molar-refractivity contribution < 1.29 is 13.7 Å². The van der Waals surface area contributed by atoms with Crippen LogP contribution in [0.5, 0.6) is 0 Å². The summed E-state index contributed by atoms with van der Waals surface area (Å²) in [6, 6.07) is 23.8. The number of anilines is 1. The molecular formula is C30H31FN4O2. The molecule has 0 saturated carbocycles. The van der Waals surface area contributed by atoms with Crippen molar-refractivity contribution in [3.63, 3.8) is 0 Å². The number of aromatic nitrogens is 1. The van der Waals surface area contributed by atoms with Crippen molar-refractivity contribution in [1.82, 2.24) is 15.0 Å². The summed E-state index contributed by atoms with van der Waals surface area (Å²) >= 11 is 0. The number of amides is 1. The molecule has 0 N–H and O–H groups in total. The quantitative estimate of drug-likeness (QED) is 0.342. The van der Waals surface area contributed by atoms with Crippen molar-refractivity contribution in [3.05, 3.63) is 107 Å². The number of piperazine rings is 1. The number of hydrogen-bond donors (Lipinski definition) is 0. The lowest BCUT2D eigenvalue weighted by Gasteiger charge is -2.33. The average Bonchev–Trinajstić information content (AvgIpc) is 3.33. The molecule has 37 heavy (non-hydrogen) atoms. The van der Waals surface area contributed by atoms with E-state index in [1.807, 2.05) is 66.4 Å². The van der Waals surface area contributed by atoms with Crippen LogP contribution in [0.1, 0.15) is 27.0 Å². The molecule has 5 rings (SSSR count). The largest absolute Gasteiger partial charge is 0.338 e. The molecule has 4 aromatic rings. The first-order valence-corrected chi connectivity index (χ1v) is 12.6. The smallest absolute Gasteiger partial charge is 0.254 e. The molecule has 0 radical (unpaired) electrons.